The highest BCUT2D eigenvalue weighted by Gasteiger charge is 2.12. The zero-order chi connectivity index (χ0) is 21.1. The zero-order valence-electron chi connectivity index (χ0n) is 16.4. The number of nitrogens with zero attached hydrogens (tertiary/aromatic N) is 2. The summed E-state index contributed by atoms with van der Waals surface area (Å²) in [6.45, 7) is 3.97. The van der Waals surface area contributed by atoms with Crippen molar-refractivity contribution in [1.29, 1.82) is 5.26 Å². The summed E-state index contributed by atoms with van der Waals surface area (Å²) in [5.41, 5.74) is 4.62. The minimum Gasteiger partial charge on any atom is -0.450 e. The maximum atomic E-state index is 12.5. The normalized spacial score (nSPS) is 11.4. The number of para-hydroxylation sites is 2. The maximum absolute atomic E-state index is 12.5. The minimum atomic E-state index is -0.483. The number of H-pyrrole nitrogens is 1. The predicted octanol–water partition coefficient (Wildman–Crippen LogP) is 5.47. The number of aryl methyl sites for hydroxylation is 2. The van der Waals surface area contributed by atoms with Crippen molar-refractivity contribution in [2.75, 3.05) is 5.32 Å². The summed E-state index contributed by atoms with van der Waals surface area (Å²) >= 11 is 1.34. The molecule has 6 nitrogen and oxygen atoms in total. The van der Waals surface area contributed by atoms with Crippen LogP contribution in [0.25, 0.3) is 17.1 Å². The molecule has 4 rings (SSSR count). The second-order valence-corrected chi connectivity index (χ2v) is 7.73. The molecule has 2 aromatic carbocycles. The average molecular weight is 414 g/mol. The highest BCUT2D eigenvalue weighted by atomic mass is 32.2. The summed E-state index contributed by atoms with van der Waals surface area (Å²) in [5.74, 6) is -0.0657. The van der Waals surface area contributed by atoms with Crippen molar-refractivity contribution < 1.29 is 9.21 Å². The first-order chi connectivity index (χ1) is 14.5. The van der Waals surface area contributed by atoms with Crippen LogP contribution in [-0.4, -0.2) is 15.9 Å². The molecule has 4 aromatic rings. The maximum Gasteiger partial charge on any atom is 0.266 e. The third-order valence-corrected chi connectivity index (χ3v) is 5.39. The third kappa shape index (κ3) is 4.29. The van der Waals surface area contributed by atoms with Gasteiger partial charge in [-0.2, -0.15) is 5.26 Å². The van der Waals surface area contributed by atoms with Gasteiger partial charge in [-0.05, 0) is 73.1 Å². The standard InChI is InChI=1S/C23H18N4O2S/c1-14-7-8-17(11-15(14)2)25-22(28)16(13-24)12-18-9-10-21(29-18)30-23-26-19-5-3-4-6-20(19)27-23/h3-12H,1-2H3,(H,25,28)(H,26,27)/b16-12+. The molecule has 0 spiro atoms. The summed E-state index contributed by atoms with van der Waals surface area (Å²) in [7, 11) is 0. The van der Waals surface area contributed by atoms with E-state index in [1.165, 1.54) is 17.8 Å². The highest BCUT2D eigenvalue weighted by Crippen LogP contribution is 2.29. The SMILES string of the molecule is Cc1ccc(NC(=O)/C(C#N)=C/c2ccc(Sc3nc4ccccc4[nH]3)o2)cc1C. The Morgan fingerprint density at radius 2 is 2.00 bits per heavy atom. The number of hydrogen-bond acceptors (Lipinski definition) is 5. The number of fused-ring (bicyclic) bond motifs is 1. The van der Waals surface area contributed by atoms with E-state index >= 15 is 0 Å². The van der Waals surface area contributed by atoms with Crippen molar-refractivity contribution >= 4 is 40.5 Å². The molecular formula is C23H18N4O2S. The molecule has 0 saturated heterocycles. The van der Waals surface area contributed by atoms with Crippen molar-refractivity contribution in [2.45, 2.75) is 24.1 Å². The predicted molar refractivity (Wildman–Crippen MR) is 117 cm³/mol. The third-order valence-electron chi connectivity index (χ3n) is 4.58. The van der Waals surface area contributed by atoms with Crippen LogP contribution in [0.2, 0.25) is 0 Å². The van der Waals surface area contributed by atoms with Crippen molar-refractivity contribution in [3.8, 4) is 6.07 Å². The number of furan rings is 1. The molecule has 0 aliphatic carbocycles. The lowest BCUT2D eigenvalue weighted by Gasteiger charge is -2.06. The Morgan fingerprint density at radius 1 is 1.17 bits per heavy atom. The largest absolute Gasteiger partial charge is 0.450 e. The van der Waals surface area contributed by atoms with E-state index in [0.29, 0.717) is 21.7 Å². The van der Waals surface area contributed by atoms with Gasteiger partial charge in [0.25, 0.3) is 5.91 Å². The fourth-order valence-electron chi connectivity index (χ4n) is 2.85. The van der Waals surface area contributed by atoms with Gasteiger partial charge >= 0.3 is 0 Å². The highest BCUT2D eigenvalue weighted by molar-refractivity contribution is 7.99. The van der Waals surface area contributed by atoms with E-state index in [2.05, 4.69) is 15.3 Å². The second kappa shape index (κ2) is 8.31. The molecule has 7 heteroatoms. The van der Waals surface area contributed by atoms with E-state index in [9.17, 15) is 10.1 Å². The molecule has 0 radical (unpaired) electrons. The van der Waals surface area contributed by atoms with E-state index < -0.39 is 5.91 Å². The lowest BCUT2D eigenvalue weighted by atomic mass is 10.1. The topological polar surface area (TPSA) is 94.7 Å². The second-order valence-electron chi connectivity index (χ2n) is 6.74. The number of amides is 1. The van der Waals surface area contributed by atoms with Gasteiger partial charge in [0.1, 0.15) is 17.4 Å². The van der Waals surface area contributed by atoms with Crippen LogP contribution in [0.4, 0.5) is 5.69 Å². The summed E-state index contributed by atoms with van der Waals surface area (Å²) in [6.07, 6.45) is 1.43. The zero-order valence-corrected chi connectivity index (χ0v) is 17.2. The quantitative estimate of drug-likeness (QED) is 0.333. The molecule has 2 aromatic heterocycles. The molecule has 30 heavy (non-hydrogen) atoms. The molecule has 0 fully saturated rings. The van der Waals surface area contributed by atoms with Crippen molar-refractivity contribution in [1.82, 2.24) is 9.97 Å². The number of carbonyl (C=O) groups is 1. The van der Waals surface area contributed by atoms with Crippen LogP contribution < -0.4 is 5.32 Å². The number of benzene rings is 2. The Morgan fingerprint density at radius 3 is 2.77 bits per heavy atom. The van der Waals surface area contributed by atoms with E-state index in [-0.39, 0.29) is 5.57 Å². The van der Waals surface area contributed by atoms with Gasteiger partial charge in [0.15, 0.2) is 10.2 Å². The fourth-order valence-corrected chi connectivity index (χ4v) is 3.62. The van der Waals surface area contributed by atoms with Gasteiger partial charge in [-0.25, -0.2) is 4.98 Å². The number of aromatic nitrogens is 2. The van der Waals surface area contributed by atoms with E-state index in [0.717, 1.165) is 22.2 Å². The van der Waals surface area contributed by atoms with Crippen LogP contribution in [0.5, 0.6) is 0 Å². The van der Waals surface area contributed by atoms with Gasteiger partial charge < -0.3 is 14.7 Å². The van der Waals surface area contributed by atoms with Crippen LogP contribution in [0.15, 0.2) is 74.8 Å². The molecule has 1 amide bonds. The van der Waals surface area contributed by atoms with Gasteiger partial charge in [-0.15, -0.1) is 0 Å². The molecule has 0 aliphatic rings. The first-order valence-electron chi connectivity index (χ1n) is 9.24. The summed E-state index contributed by atoms with van der Waals surface area (Å²) in [6, 6.07) is 18.8. The summed E-state index contributed by atoms with van der Waals surface area (Å²) in [5, 5.41) is 13.5. The Kier molecular flexibility index (Phi) is 5.42. The molecule has 148 valence electrons. The van der Waals surface area contributed by atoms with Gasteiger partial charge in [0, 0.05) is 11.8 Å². The number of nitriles is 1. The van der Waals surface area contributed by atoms with E-state index in [4.69, 9.17) is 4.42 Å². The van der Waals surface area contributed by atoms with Gasteiger partial charge in [-0.1, -0.05) is 18.2 Å². The van der Waals surface area contributed by atoms with Crippen LogP contribution in [0.3, 0.4) is 0 Å². The van der Waals surface area contributed by atoms with Crippen molar-refractivity contribution in [3.63, 3.8) is 0 Å². The molecular weight excluding hydrogens is 396 g/mol. The number of nitrogens with one attached hydrogen (secondary N) is 2. The molecule has 0 unspecified atom stereocenters. The number of anilines is 1. The van der Waals surface area contributed by atoms with Gasteiger partial charge in [0.2, 0.25) is 0 Å². The van der Waals surface area contributed by atoms with Crippen LogP contribution >= 0.6 is 11.8 Å². The molecule has 0 aliphatic heterocycles. The molecule has 2 heterocycles. The Balaban J connectivity index is 1.48. The first kappa shape index (κ1) is 19.6. The van der Waals surface area contributed by atoms with Gasteiger partial charge in [-0.3, -0.25) is 4.79 Å². The Bertz CT molecular complexity index is 1280. The molecule has 0 atom stereocenters. The number of rotatable bonds is 5. The number of aromatic amines is 1. The Hall–Kier alpha value is -3.76. The van der Waals surface area contributed by atoms with Crippen molar-refractivity contribution in [2.24, 2.45) is 0 Å². The van der Waals surface area contributed by atoms with Crippen LogP contribution in [0.1, 0.15) is 16.9 Å². The lowest BCUT2D eigenvalue weighted by molar-refractivity contribution is -0.112. The van der Waals surface area contributed by atoms with Crippen LogP contribution in [0, 0.1) is 25.2 Å². The number of carbonyl (C=O) groups excluding carboxylic acids is 1. The summed E-state index contributed by atoms with van der Waals surface area (Å²) < 4.78 is 5.75. The molecule has 0 saturated carbocycles. The lowest BCUT2D eigenvalue weighted by Crippen LogP contribution is -2.13. The van der Waals surface area contributed by atoms with Crippen molar-refractivity contribution in [3.05, 3.63) is 77.1 Å². The van der Waals surface area contributed by atoms with E-state index in [1.54, 1.807) is 12.1 Å². The smallest absolute Gasteiger partial charge is 0.266 e. The first-order valence-corrected chi connectivity index (χ1v) is 10.1. The summed E-state index contributed by atoms with van der Waals surface area (Å²) in [4.78, 5) is 20.2. The fraction of sp³-hybridized carbons (Fsp3) is 0.0870. The number of hydrogen-bond donors (Lipinski definition) is 2. The Labute approximate surface area is 177 Å². The van der Waals surface area contributed by atoms with Gasteiger partial charge in [0.05, 0.1) is 11.0 Å². The number of imidazole rings is 1. The minimum absolute atomic E-state index is 0.0390. The molecule has 0 bridgehead atoms. The van der Waals surface area contributed by atoms with Crippen LogP contribution in [-0.2, 0) is 4.79 Å². The average Bonchev–Trinajstić information content (AvgIpc) is 3.35. The van der Waals surface area contributed by atoms with E-state index in [1.807, 2.05) is 62.4 Å². The molecule has 2 N–H and O–H groups in total. The monoisotopic (exact) mass is 414 g/mol.